The van der Waals surface area contributed by atoms with E-state index >= 15 is 0 Å². The molecule has 0 aliphatic heterocycles. The van der Waals surface area contributed by atoms with Crippen LogP contribution in [0, 0.1) is 3.57 Å². The molecule has 0 atom stereocenters. The molecule has 0 unspecified atom stereocenters. The van der Waals surface area contributed by atoms with Crippen LogP contribution in [0.1, 0.15) is 10.4 Å². The van der Waals surface area contributed by atoms with Crippen molar-refractivity contribution in [1.82, 2.24) is 5.32 Å². The van der Waals surface area contributed by atoms with Gasteiger partial charge in [-0.3, -0.25) is 4.79 Å². The zero-order chi connectivity index (χ0) is 13.8. The molecule has 0 saturated carbocycles. The number of rotatable bonds is 3. The van der Waals surface area contributed by atoms with Crippen LogP contribution >= 0.6 is 22.6 Å². The number of amides is 1. The van der Waals surface area contributed by atoms with Gasteiger partial charge in [-0.15, -0.1) is 0 Å². The van der Waals surface area contributed by atoms with Gasteiger partial charge in [0.15, 0.2) is 0 Å². The van der Waals surface area contributed by atoms with Crippen LogP contribution in [0.5, 0.6) is 0 Å². The van der Waals surface area contributed by atoms with Gasteiger partial charge in [0.25, 0.3) is 5.91 Å². The lowest BCUT2D eigenvalue weighted by Crippen LogP contribution is -2.19. The Bertz CT molecular complexity index is 613. The molecule has 19 heavy (non-hydrogen) atoms. The van der Waals surface area contributed by atoms with Crippen LogP contribution in [0.4, 0.5) is 17.1 Å². The largest absolute Gasteiger partial charge is 0.399 e. The minimum Gasteiger partial charge on any atom is -0.399 e. The Hall–Kier alpha value is -1.76. The number of nitrogens with one attached hydrogen (secondary N) is 2. The van der Waals surface area contributed by atoms with Crippen molar-refractivity contribution in [3.8, 4) is 0 Å². The number of hydrogen-bond acceptors (Lipinski definition) is 3. The molecule has 0 radical (unpaired) electrons. The third-order valence-corrected chi connectivity index (χ3v) is 3.29. The fourth-order valence-corrected chi connectivity index (χ4v) is 2.26. The minimum absolute atomic E-state index is 0.145. The molecular formula is C14H14IN3O. The molecule has 5 heteroatoms. The smallest absolute Gasteiger partial charge is 0.253 e. The Morgan fingerprint density at radius 2 is 2.00 bits per heavy atom. The summed E-state index contributed by atoms with van der Waals surface area (Å²) in [4.78, 5) is 11.8. The molecule has 4 N–H and O–H groups in total. The second-order valence-electron chi connectivity index (χ2n) is 4.02. The van der Waals surface area contributed by atoms with Gasteiger partial charge in [0.05, 0.1) is 11.3 Å². The Morgan fingerprint density at radius 3 is 2.68 bits per heavy atom. The number of carbonyl (C=O) groups is 1. The van der Waals surface area contributed by atoms with Crippen molar-refractivity contribution in [3.05, 3.63) is 51.6 Å². The van der Waals surface area contributed by atoms with E-state index < -0.39 is 0 Å². The summed E-state index contributed by atoms with van der Waals surface area (Å²) in [5, 5.41) is 5.84. The van der Waals surface area contributed by atoms with E-state index in [0.717, 1.165) is 9.26 Å². The first kappa shape index (κ1) is 13.7. The van der Waals surface area contributed by atoms with Crippen molar-refractivity contribution in [3.63, 3.8) is 0 Å². The SMILES string of the molecule is CNC(=O)c1ccc(N)cc1Nc1cccc(I)c1. The van der Waals surface area contributed by atoms with E-state index in [-0.39, 0.29) is 5.91 Å². The number of anilines is 3. The highest BCUT2D eigenvalue weighted by atomic mass is 127. The lowest BCUT2D eigenvalue weighted by atomic mass is 10.1. The molecular weight excluding hydrogens is 353 g/mol. The summed E-state index contributed by atoms with van der Waals surface area (Å²) in [6, 6.07) is 13.1. The molecule has 2 aromatic carbocycles. The number of nitrogen functional groups attached to an aromatic ring is 1. The molecule has 0 aliphatic carbocycles. The van der Waals surface area contributed by atoms with Crippen LogP contribution in [0.15, 0.2) is 42.5 Å². The van der Waals surface area contributed by atoms with Crippen LogP contribution in [-0.2, 0) is 0 Å². The van der Waals surface area contributed by atoms with Crippen LogP contribution in [0.3, 0.4) is 0 Å². The van der Waals surface area contributed by atoms with Gasteiger partial charge < -0.3 is 16.4 Å². The molecule has 2 aromatic rings. The minimum atomic E-state index is -0.145. The highest BCUT2D eigenvalue weighted by Gasteiger charge is 2.10. The van der Waals surface area contributed by atoms with Gasteiger partial charge in [-0.05, 0) is 59.0 Å². The molecule has 2 rings (SSSR count). The van der Waals surface area contributed by atoms with E-state index in [1.165, 1.54) is 0 Å². The number of hydrogen-bond donors (Lipinski definition) is 3. The van der Waals surface area contributed by atoms with Crippen LogP contribution in [-0.4, -0.2) is 13.0 Å². The van der Waals surface area contributed by atoms with E-state index in [9.17, 15) is 4.79 Å². The number of nitrogens with two attached hydrogens (primary N) is 1. The maximum Gasteiger partial charge on any atom is 0.253 e. The summed E-state index contributed by atoms with van der Waals surface area (Å²) >= 11 is 2.24. The summed E-state index contributed by atoms with van der Waals surface area (Å²) in [6.07, 6.45) is 0. The zero-order valence-corrected chi connectivity index (χ0v) is 12.6. The maximum absolute atomic E-state index is 11.8. The molecule has 0 aromatic heterocycles. The van der Waals surface area contributed by atoms with Crippen molar-refractivity contribution < 1.29 is 4.79 Å². The summed E-state index contributed by atoms with van der Waals surface area (Å²) in [6.45, 7) is 0. The highest BCUT2D eigenvalue weighted by Crippen LogP contribution is 2.24. The summed E-state index contributed by atoms with van der Waals surface area (Å²) in [5.74, 6) is -0.145. The molecule has 98 valence electrons. The quantitative estimate of drug-likeness (QED) is 0.577. The fourth-order valence-electron chi connectivity index (χ4n) is 1.72. The van der Waals surface area contributed by atoms with E-state index in [0.29, 0.717) is 16.9 Å². The first-order valence-corrected chi connectivity index (χ1v) is 6.82. The monoisotopic (exact) mass is 367 g/mol. The Morgan fingerprint density at radius 1 is 1.21 bits per heavy atom. The van der Waals surface area contributed by atoms with Crippen molar-refractivity contribution in [2.24, 2.45) is 0 Å². The predicted octanol–water partition coefficient (Wildman–Crippen LogP) is 2.98. The molecule has 4 nitrogen and oxygen atoms in total. The van der Waals surface area contributed by atoms with E-state index in [1.54, 1.807) is 25.2 Å². The number of halogens is 1. The lowest BCUT2D eigenvalue weighted by molar-refractivity contribution is 0.0964. The van der Waals surface area contributed by atoms with Crippen LogP contribution in [0.25, 0.3) is 0 Å². The molecule has 1 amide bonds. The van der Waals surface area contributed by atoms with Gasteiger partial charge >= 0.3 is 0 Å². The summed E-state index contributed by atoms with van der Waals surface area (Å²) in [5.41, 5.74) is 8.57. The fraction of sp³-hybridized carbons (Fsp3) is 0.0714. The van der Waals surface area contributed by atoms with Crippen molar-refractivity contribution in [1.29, 1.82) is 0 Å². The summed E-state index contributed by atoms with van der Waals surface area (Å²) < 4.78 is 1.12. The van der Waals surface area contributed by atoms with Gasteiger partial charge in [0, 0.05) is 22.0 Å². The van der Waals surface area contributed by atoms with Gasteiger partial charge in [0.2, 0.25) is 0 Å². The molecule has 0 spiro atoms. The van der Waals surface area contributed by atoms with Crippen molar-refractivity contribution >= 4 is 45.6 Å². The third kappa shape index (κ3) is 3.37. The van der Waals surface area contributed by atoms with E-state index in [1.807, 2.05) is 24.3 Å². The molecule has 0 saturated heterocycles. The van der Waals surface area contributed by atoms with Gasteiger partial charge in [-0.25, -0.2) is 0 Å². The first-order valence-electron chi connectivity index (χ1n) is 5.74. The maximum atomic E-state index is 11.8. The summed E-state index contributed by atoms with van der Waals surface area (Å²) in [7, 11) is 1.61. The topological polar surface area (TPSA) is 67.2 Å². The first-order chi connectivity index (χ1) is 9.10. The predicted molar refractivity (Wildman–Crippen MR) is 86.7 cm³/mol. The average molecular weight is 367 g/mol. The van der Waals surface area contributed by atoms with Crippen LogP contribution in [0.2, 0.25) is 0 Å². The molecule has 0 bridgehead atoms. The lowest BCUT2D eigenvalue weighted by Gasteiger charge is -2.12. The number of carbonyl (C=O) groups excluding carboxylic acids is 1. The Kier molecular flexibility index (Phi) is 4.26. The van der Waals surface area contributed by atoms with Gasteiger partial charge in [0.1, 0.15) is 0 Å². The standard InChI is InChI=1S/C14H14IN3O/c1-17-14(19)12-6-5-10(16)8-13(12)18-11-4-2-3-9(15)7-11/h2-8,18H,16H2,1H3,(H,17,19). The van der Waals surface area contributed by atoms with Gasteiger partial charge in [-0.1, -0.05) is 6.07 Å². The molecule has 0 fully saturated rings. The molecule has 0 heterocycles. The van der Waals surface area contributed by atoms with Crippen molar-refractivity contribution in [2.75, 3.05) is 18.1 Å². The Labute approximate surface area is 125 Å². The van der Waals surface area contributed by atoms with Gasteiger partial charge in [-0.2, -0.15) is 0 Å². The molecule has 0 aliphatic rings. The Balaban J connectivity index is 2.38. The van der Waals surface area contributed by atoms with E-state index in [4.69, 9.17) is 5.73 Å². The normalized spacial score (nSPS) is 10.0. The second-order valence-corrected chi connectivity index (χ2v) is 5.27. The van der Waals surface area contributed by atoms with Crippen molar-refractivity contribution in [2.45, 2.75) is 0 Å². The van der Waals surface area contributed by atoms with E-state index in [2.05, 4.69) is 33.2 Å². The van der Waals surface area contributed by atoms with Crippen LogP contribution < -0.4 is 16.4 Å². The third-order valence-electron chi connectivity index (χ3n) is 2.62. The second kappa shape index (κ2) is 5.92. The highest BCUT2D eigenvalue weighted by molar-refractivity contribution is 14.1. The zero-order valence-electron chi connectivity index (χ0n) is 10.4. The number of benzene rings is 2. The average Bonchev–Trinajstić information content (AvgIpc) is 2.38.